The summed E-state index contributed by atoms with van der Waals surface area (Å²) in [6.45, 7) is 8.18. The van der Waals surface area contributed by atoms with Gasteiger partial charge in [0.1, 0.15) is 0 Å². The molecule has 3 nitrogen and oxygen atoms in total. The molecular weight excluding hydrogens is 308 g/mol. The summed E-state index contributed by atoms with van der Waals surface area (Å²) in [6, 6.07) is -0.0938. The zero-order chi connectivity index (χ0) is 17.0. The number of alkyl halides is 2. The van der Waals surface area contributed by atoms with Crippen LogP contribution in [0.5, 0.6) is 0 Å². The van der Waals surface area contributed by atoms with Crippen molar-refractivity contribution in [2.24, 2.45) is 5.41 Å². The van der Waals surface area contributed by atoms with Crippen LogP contribution in [-0.4, -0.2) is 33.7 Å². The number of hydrogen-bond acceptors (Lipinski definition) is 2. The molecular formula is C16H29F2NO2S. The molecule has 0 radical (unpaired) electrons. The number of rotatable bonds is 6. The molecule has 2 unspecified atom stereocenters. The van der Waals surface area contributed by atoms with E-state index in [-0.39, 0.29) is 24.3 Å². The second kappa shape index (κ2) is 7.84. The smallest absolute Gasteiger partial charge is 0.404 e. The number of halogens is 2. The summed E-state index contributed by atoms with van der Waals surface area (Å²) in [4.78, 5) is 10.9. The van der Waals surface area contributed by atoms with Crippen molar-refractivity contribution in [1.29, 1.82) is 0 Å². The molecule has 0 aliphatic heterocycles. The lowest BCUT2D eigenvalue weighted by Gasteiger charge is -2.32. The summed E-state index contributed by atoms with van der Waals surface area (Å²) >= 11 is 1.78. The molecule has 130 valence electrons. The second-order valence-electron chi connectivity index (χ2n) is 7.45. The molecule has 0 heterocycles. The van der Waals surface area contributed by atoms with Crippen molar-refractivity contribution in [3.8, 4) is 0 Å². The van der Waals surface area contributed by atoms with Crippen molar-refractivity contribution in [3.05, 3.63) is 0 Å². The molecule has 0 aromatic carbocycles. The third-order valence-electron chi connectivity index (χ3n) is 4.29. The van der Waals surface area contributed by atoms with Crippen molar-refractivity contribution in [2.75, 3.05) is 0 Å². The summed E-state index contributed by atoms with van der Waals surface area (Å²) in [5, 5.41) is 12.2. The van der Waals surface area contributed by atoms with Crippen LogP contribution in [-0.2, 0) is 0 Å². The Morgan fingerprint density at radius 2 is 1.86 bits per heavy atom. The molecule has 0 saturated heterocycles. The van der Waals surface area contributed by atoms with Gasteiger partial charge in [0.15, 0.2) is 0 Å². The lowest BCUT2D eigenvalue weighted by atomic mass is 9.84. The fourth-order valence-electron chi connectivity index (χ4n) is 2.82. The number of thioether (sulfide) groups is 1. The lowest BCUT2D eigenvalue weighted by molar-refractivity contribution is -0.0324. The second-order valence-corrected chi connectivity index (χ2v) is 9.19. The Morgan fingerprint density at radius 3 is 2.32 bits per heavy atom. The van der Waals surface area contributed by atoms with E-state index in [1.165, 1.54) is 0 Å². The first kappa shape index (κ1) is 19.5. The zero-order valence-corrected chi connectivity index (χ0v) is 14.8. The Morgan fingerprint density at radius 1 is 1.32 bits per heavy atom. The summed E-state index contributed by atoms with van der Waals surface area (Å²) < 4.78 is 26.3. The summed E-state index contributed by atoms with van der Waals surface area (Å²) in [7, 11) is 0. The predicted molar refractivity (Wildman–Crippen MR) is 87.9 cm³/mol. The topological polar surface area (TPSA) is 49.3 Å². The minimum atomic E-state index is -2.47. The molecule has 1 rings (SSSR count). The fraction of sp³-hybridized carbons (Fsp3) is 0.938. The number of nitrogens with one attached hydrogen (secondary N) is 1. The first-order valence-corrected chi connectivity index (χ1v) is 8.96. The van der Waals surface area contributed by atoms with E-state index in [9.17, 15) is 13.6 Å². The van der Waals surface area contributed by atoms with Gasteiger partial charge < -0.3 is 10.4 Å². The molecule has 0 spiro atoms. The van der Waals surface area contributed by atoms with Crippen LogP contribution in [0.3, 0.4) is 0 Å². The maximum Gasteiger partial charge on any atom is 0.404 e. The van der Waals surface area contributed by atoms with Crippen LogP contribution in [0.25, 0.3) is 0 Å². The summed E-state index contributed by atoms with van der Waals surface area (Å²) in [6.07, 6.45) is 1.84. The van der Waals surface area contributed by atoms with Gasteiger partial charge in [-0.3, -0.25) is 0 Å². The van der Waals surface area contributed by atoms with Gasteiger partial charge in [0.2, 0.25) is 5.92 Å². The van der Waals surface area contributed by atoms with Crippen molar-refractivity contribution >= 4 is 17.9 Å². The van der Waals surface area contributed by atoms with Crippen molar-refractivity contribution in [1.82, 2.24) is 5.32 Å². The molecule has 1 fully saturated rings. The van der Waals surface area contributed by atoms with Gasteiger partial charge in [-0.25, -0.2) is 13.6 Å². The van der Waals surface area contributed by atoms with Crippen molar-refractivity contribution in [3.63, 3.8) is 0 Å². The van der Waals surface area contributed by atoms with E-state index in [1.54, 1.807) is 11.8 Å². The Bertz CT molecular complexity index is 362. The molecule has 0 aromatic heterocycles. The van der Waals surface area contributed by atoms with Crippen molar-refractivity contribution in [2.45, 2.75) is 88.7 Å². The van der Waals surface area contributed by atoms with Gasteiger partial charge >= 0.3 is 6.09 Å². The molecule has 1 saturated carbocycles. The van der Waals surface area contributed by atoms with Crippen LogP contribution in [0.2, 0.25) is 0 Å². The Labute approximate surface area is 136 Å². The van der Waals surface area contributed by atoms with Gasteiger partial charge in [0, 0.05) is 29.4 Å². The van der Waals surface area contributed by atoms with Crippen LogP contribution in [0.15, 0.2) is 0 Å². The zero-order valence-electron chi connectivity index (χ0n) is 14.0. The minimum Gasteiger partial charge on any atom is -0.465 e. The Kier molecular flexibility index (Phi) is 6.96. The third-order valence-corrected chi connectivity index (χ3v) is 5.85. The standard InChI is InChI=1S/C16H29F2NO2S/c1-11(22-12-7-9-16(17,18)10-8-12)5-6-13(15(2,3)4)19-14(20)21/h11-13,19H,5-10H2,1-4H3,(H,20,21). The van der Waals surface area contributed by atoms with Gasteiger partial charge in [0.05, 0.1) is 0 Å². The van der Waals surface area contributed by atoms with E-state index in [0.717, 1.165) is 12.8 Å². The highest BCUT2D eigenvalue weighted by Crippen LogP contribution is 2.40. The van der Waals surface area contributed by atoms with E-state index in [2.05, 4.69) is 12.2 Å². The number of amides is 1. The average Bonchev–Trinajstić information content (AvgIpc) is 2.35. The van der Waals surface area contributed by atoms with Gasteiger partial charge in [-0.1, -0.05) is 27.7 Å². The van der Waals surface area contributed by atoms with E-state index >= 15 is 0 Å². The SMILES string of the molecule is CC(CCC(NC(=O)O)C(C)(C)C)SC1CCC(F)(F)CC1. The van der Waals surface area contributed by atoms with Gasteiger partial charge in [-0.15, -0.1) is 0 Å². The lowest BCUT2D eigenvalue weighted by Crippen LogP contribution is -2.43. The van der Waals surface area contributed by atoms with Crippen LogP contribution in [0, 0.1) is 5.41 Å². The minimum absolute atomic E-state index is 0.00255. The van der Waals surface area contributed by atoms with Crippen LogP contribution < -0.4 is 5.32 Å². The van der Waals surface area contributed by atoms with Gasteiger partial charge in [-0.05, 0) is 31.1 Å². The molecule has 1 aliphatic rings. The van der Waals surface area contributed by atoms with E-state index in [0.29, 0.717) is 23.3 Å². The molecule has 0 aromatic rings. The maximum absolute atomic E-state index is 13.1. The molecule has 2 N–H and O–H groups in total. The predicted octanol–water partition coefficient (Wildman–Crippen LogP) is 5.15. The van der Waals surface area contributed by atoms with E-state index < -0.39 is 12.0 Å². The number of carboxylic acid groups (broad SMARTS) is 1. The van der Waals surface area contributed by atoms with Crippen LogP contribution in [0.1, 0.15) is 66.2 Å². The highest BCUT2D eigenvalue weighted by molar-refractivity contribution is 8.00. The van der Waals surface area contributed by atoms with Crippen molar-refractivity contribution < 1.29 is 18.7 Å². The largest absolute Gasteiger partial charge is 0.465 e. The highest BCUT2D eigenvalue weighted by Gasteiger charge is 2.35. The van der Waals surface area contributed by atoms with Gasteiger partial charge in [0.25, 0.3) is 0 Å². The monoisotopic (exact) mass is 337 g/mol. The summed E-state index contributed by atoms with van der Waals surface area (Å²) in [5.74, 6) is -2.47. The molecule has 1 amide bonds. The molecule has 2 atom stereocenters. The average molecular weight is 337 g/mol. The molecule has 6 heteroatoms. The third kappa shape index (κ3) is 7.16. The molecule has 0 bridgehead atoms. The Hall–Kier alpha value is -0.520. The first-order valence-electron chi connectivity index (χ1n) is 8.02. The van der Waals surface area contributed by atoms with E-state index in [4.69, 9.17) is 5.11 Å². The van der Waals surface area contributed by atoms with Crippen LogP contribution in [0.4, 0.5) is 13.6 Å². The summed E-state index contributed by atoms with van der Waals surface area (Å²) in [5.41, 5.74) is -0.129. The number of hydrogen-bond donors (Lipinski definition) is 2. The van der Waals surface area contributed by atoms with Crippen LogP contribution >= 0.6 is 11.8 Å². The van der Waals surface area contributed by atoms with Gasteiger partial charge in [-0.2, -0.15) is 11.8 Å². The highest BCUT2D eigenvalue weighted by atomic mass is 32.2. The maximum atomic E-state index is 13.1. The molecule has 1 aliphatic carbocycles. The van der Waals surface area contributed by atoms with E-state index in [1.807, 2.05) is 20.8 Å². The first-order chi connectivity index (χ1) is 9.99. The normalized spacial score (nSPS) is 22.1. The molecule has 22 heavy (non-hydrogen) atoms. The Balaban J connectivity index is 2.37. The number of carbonyl (C=O) groups is 1. The fourth-order valence-corrected chi connectivity index (χ4v) is 4.26. The quantitative estimate of drug-likeness (QED) is 0.705.